The summed E-state index contributed by atoms with van der Waals surface area (Å²) in [4.78, 5) is 0. The third-order valence-corrected chi connectivity index (χ3v) is 5.61. The summed E-state index contributed by atoms with van der Waals surface area (Å²) >= 11 is 2.12. The van der Waals surface area contributed by atoms with E-state index in [1.165, 1.54) is 42.8 Å². The van der Waals surface area contributed by atoms with Crippen LogP contribution >= 0.6 is 11.8 Å². The molecular formula is C16H23NS. The third kappa shape index (κ3) is 2.75. The lowest BCUT2D eigenvalue weighted by Gasteiger charge is -2.40. The Morgan fingerprint density at radius 3 is 2.72 bits per heavy atom. The van der Waals surface area contributed by atoms with E-state index in [-0.39, 0.29) is 0 Å². The highest BCUT2D eigenvalue weighted by molar-refractivity contribution is 7.99. The Bertz CT molecular complexity index is 392. The number of hydrogen-bond acceptors (Lipinski definition) is 2. The van der Waals surface area contributed by atoms with Crippen LogP contribution in [0.3, 0.4) is 0 Å². The van der Waals surface area contributed by atoms with Gasteiger partial charge >= 0.3 is 0 Å². The summed E-state index contributed by atoms with van der Waals surface area (Å²) in [5.41, 5.74) is 3.04. The molecule has 1 atom stereocenters. The summed E-state index contributed by atoms with van der Waals surface area (Å²) in [5, 5.41) is 3.85. The number of benzene rings is 1. The summed E-state index contributed by atoms with van der Waals surface area (Å²) in [6.45, 7) is 2.24. The first-order valence-corrected chi connectivity index (χ1v) is 8.37. The molecular weight excluding hydrogens is 238 g/mol. The van der Waals surface area contributed by atoms with Gasteiger partial charge in [0.15, 0.2) is 0 Å². The first kappa shape index (κ1) is 12.6. The normalized spacial score (nSPS) is 31.9. The van der Waals surface area contributed by atoms with Crippen LogP contribution in [0.2, 0.25) is 0 Å². The van der Waals surface area contributed by atoms with Crippen molar-refractivity contribution in [2.75, 3.05) is 11.5 Å². The summed E-state index contributed by atoms with van der Waals surface area (Å²) in [7, 11) is 0. The zero-order valence-electron chi connectivity index (χ0n) is 11.2. The minimum atomic E-state index is 0.776. The molecule has 1 saturated carbocycles. The summed E-state index contributed by atoms with van der Waals surface area (Å²) in [6.07, 6.45) is 5.47. The summed E-state index contributed by atoms with van der Waals surface area (Å²) in [5.74, 6) is 3.50. The Morgan fingerprint density at radius 2 is 2.00 bits per heavy atom. The predicted molar refractivity (Wildman–Crippen MR) is 80.4 cm³/mol. The SMILES string of the molecule is Cc1ccccc1C1CC(NC2CCCSC2)C1. The van der Waals surface area contributed by atoms with Crippen molar-refractivity contribution in [3.8, 4) is 0 Å². The van der Waals surface area contributed by atoms with E-state index in [4.69, 9.17) is 0 Å². The largest absolute Gasteiger partial charge is 0.310 e. The van der Waals surface area contributed by atoms with Crippen LogP contribution < -0.4 is 5.32 Å². The smallest absolute Gasteiger partial charge is 0.0161 e. The van der Waals surface area contributed by atoms with Gasteiger partial charge in [-0.25, -0.2) is 0 Å². The molecule has 1 unspecified atom stereocenters. The fraction of sp³-hybridized carbons (Fsp3) is 0.625. The molecule has 0 radical (unpaired) electrons. The highest BCUT2D eigenvalue weighted by Crippen LogP contribution is 2.38. The van der Waals surface area contributed by atoms with Crippen molar-refractivity contribution in [2.45, 2.75) is 50.6 Å². The second-order valence-electron chi connectivity index (χ2n) is 5.80. The molecule has 1 aliphatic heterocycles. The van der Waals surface area contributed by atoms with Crippen LogP contribution in [-0.4, -0.2) is 23.6 Å². The monoisotopic (exact) mass is 261 g/mol. The molecule has 0 bridgehead atoms. The number of rotatable bonds is 3. The molecule has 18 heavy (non-hydrogen) atoms. The zero-order chi connectivity index (χ0) is 12.4. The predicted octanol–water partition coefficient (Wildman–Crippen LogP) is 3.73. The van der Waals surface area contributed by atoms with E-state index >= 15 is 0 Å². The molecule has 2 aliphatic rings. The van der Waals surface area contributed by atoms with E-state index < -0.39 is 0 Å². The van der Waals surface area contributed by atoms with Crippen molar-refractivity contribution >= 4 is 11.8 Å². The van der Waals surface area contributed by atoms with E-state index in [9.17, 15) is 0 Å². The highest BCUT2D eigenvalue weighted by Gasteiger charge is 2.32. The van der Waals surface area contributed by atoms with Crippen molar-refractivity contribution in [3.05, 3.63) is 35.4 Å². The molecule has 3 rings (SSSR count). The van der Waals surface area contributed by atoms with Gasteiger partial charge in [-0.2, -0.15) is 11.8 Å². The molecule has 0 amide bonds. The zero-order valence-corrected chi connectivity index (χ0v) is 12.0. The van der Waals surface area contributed by atoms with Crippen LogP contribution in [0.5, 0.6) is 0 Å². The minimum Gasteiger partial charge on any atom is -0.310 e. The molecule has 1 heterocycles. The second kappa shape index (κ2) is 5.66. The lowest BCUT2D eigenvalue weighted by Crippen LogP contribution is -2.47. The van der Waals surface area contributed by atoms with Crippen LogP contribution in [0.25, 0.3) is 0 Å². The average molecular weight is 261 g/mol. The second-order valence-corrected chi connectivity index (χ2v) is 6.95. The van der Waals surface area contributed by atoms with Gasteiger partial charge in [0.1, 0.15) is 0 Å². The molecule has 0 aromatic heterocycles. The van der Waals surface area contributed by atoms with Crippen LogP contribution in [0.15, 0.2) is 24.3 Å². The molecule has 98 valence electrons. The van der Waals surface area contributed by atoms with Gasteiger partial charge in [-0.3, -0.25) is 0 Å². The maximum Gasteiger partial charge on any atom is 0.0161 e. The lowest BCUT2D eigenvalue weighted by molar-refractivity contribution is 0.264. The molecule has 1 N–H and O–H groups in total. The Labute approximate surface area is 115 Å². The Morgan fingerprint density at radius 1 is 1.17 bits per heavy atom. The van der Waals surface area contributed by atoms with Crippen molar-refractivity contribution in [1.82, 2.24) is 5.32 Å². The van der Waals surface area contributed by atoms with Crippen molar-refractivity contribution < 1.29 is 0 Å². The maximum absolute atomic E-state index is 3.85. The van der Waals surface area contributed by atoms with Crippen LogP contribution in [-0.2, 0) is 0 Å². The van der Waals surface area contributed by atoms with Gasteiger partial charge in [-0.1, -0.05) is 24.3 Å². The van der Waals surface area contributed by atoms with E-state index in [2.05, 4.69) is 48.3 Å². The number of aryl methyl sites for hydroxylation is 1. The molecule has 1 aliphatic carbocycles. The van der Waals surface area contributed by atoms with E-state index in [0.717, 1.165) is 18.0 Å². The van der Waals surface area contributed by atoms with Gasteiger partial charge in [-0.05, 0) is 55.4 Å². The van der Waals surface area contributed by atoms with Gasteiger partial charge in [-0.15, -0.1) is 0 Å². The number of thioether (sulfide) groups is 1. The Balaban J connectivity index is 1.49. The lowest BCUT2D eigenvalue weighted by atomic mass is 9.74. The average Bonchev–Trinajstić information content (AvgIpc) is 2.36. The van der Waals surface area contributed by atoms with Gasteiger partial charge < -0.3 is 5.32 Å². The summed E-state index contributed by atoms with van der Waals surface area (Å²) < 4.78 is 0. The molecule has 1 aromatic rings. The molecule has 1 aromatic carbocycles. The molecule has 2 fully saturated rings. The Kier molecular flexibility index (Phi) is 3.95. The van der Waals surface area contributed by atoms with Crippen LogP contribution in [0.1, 0.15) is 42.7 Å². The number of hydrogen-bond donors (Lipinski definition) is 1. The first-order chi connectivity index (χ1) is 8.83. The van der Waals surface area contributed by atoms with Crippen molar-refractivity contribution in [1.29, 1.82) is 0 Å². The quantitative estimate of drug-likeness (QED) is 0.890. The van der Waals surface area contributed by atoms with Gasteiger partial charge in [0.05, 0.1) is 0 Å². The van der Waals surface area contributed by atoms with Crippen LogP contribution in [0.4, 0.5) is 0 Å². The van der Waals surface area contributed by atoms with Gasteiger partial charge in [0, 0.05) is 17.8 Å². The van der Waals surface area contributed by atoms with E-state index in [0.29, 0.717) is 0 Å². The van der Waals surface area contributed by atoms with E-state index in [1.807, 2.05) is 0 Å². The molecule has 0 spiro atoms. The van der Waals surface area contributed by atoms with Gasteiger partial charge in [0.25, 0.3) is 0 Å². The summed E-state index contributed by atoms with van der Waals surface area (Å²) in [6, 6.07) is 10.4. The molecule has 2 heteroatoms. The van der Waals surface area contributed by atoms with Gasteiger partial charge in [0.2, 0.25) is 0 Å². The van der Waals surface area contributed by atoms with E-state index in [1.54, 1.807) is 5.56 Å². The topological polar surface area (TPSA) is 12.0 Å². The molecule has 1 saturated heterocycles. The fourth-order valence-electron chi connectivity index (χ4n) is 3.26. The van der Waals surface area contributed by atoms with Crippen molar-refractivity contribution in [3.63, 3.8) is 0 Å². The Hall–Kier alpha value is -0.470. The number of nitrogens with one attached hydrogen (secondary N) is 1. The fourth-order valence-corrected chi connectivity index (χ4v) is 4.34. The first-order valence-electron chi connectivity index (χ1n) is 7.22. The van der Waals surface area contributed by atoms with Crippen molar-refractivity contribution in [2.24, 2.45) is 0 Å². The van der Waals surface area contributed by atoms with Crippen LogP contribution in [0, 0.1) is 6.92 Å². The third-order valence-electron chi connectivity index (χ3n) is 4.40. The highest BCUT2D eigenvalue weighted by atomic mass is 32.2. The molecule has 1 nitrogen and oxygen atoms in total. The minimum absolute atomic E-state index is 0.776. The maximum atomic E-state index is 3.85. The standard InChI is InChI=1S/C16H23NS/c1-12-5-2-3-7-16(12)13-9-15(10-13)17-14-6-4-8-18-11-14/h2-3,5,7,13-15,17H,4,6,8-11H2,1H3.